The molecule has 0 saturated carbocycles. The summed E-state index contributed by atoms with van der Waals surface area (Å²) in [7, 11) is 1.81. The Morgan fingerprint density at radius 1 is 1.07 bits per heavy atom. The van der Waals surface area contributed by atoms with Gasteiger partial charge in [0.1, 0.15) is 0 Å². The highest BCUT2D eigenvalue weighted by Gasteiger charge is 2.24. The number of hydrogen-bond acceptors (Lipinski definition) is 3. The zero-order chi connectivity index (χ0) is 18.2. The molecule has 0 spiro atoms. The van der Waals surface area contributed by atoms with Crippen molar-refractivity contribution < 1.29 is 9.21 Å². The first-order chi connectivity index (χ1) is 12.8. The molecule has 0 atom stereocenters. The van der Waals surface area contributed by atoms with Crippen molar-refractivity contribution in [1.29, 1.82) is 0 Å². The highest BCUT2D eigenvalue weighted by Crippen LogP contribution is 2.09. The molecule has 1 amide bonds. The van der Waals surface area contributed by atoms with Crippen LogP contribution >= 0.6 is 24.0 Å². The predicted octanol–water partition coefficient (Wildman–Crippen LogP) is 2.86. The van der Waals surface area contributed by atoms with Crippen LogP contribution in [0.5, 0.6) is 0 Å². The molecule has 1 saturated heterocycles. The van der Waals surface area contributed by atoms with Crippen molar-refractivity contribution >= 4 is 35.8 Å². The molecule has 3 rings (SSSR count). The first-order valence-corrected chi connectivity index (χ1v) is 9.10. The highest BCUT2D eigenvalue weighted by molar-refractivity contribution is 14.0. The predicted molar refractivity (Wildman–Crippen MR) is 118 cm³/mol. The summed E-state index contributed by atoms with van der Waals surface area (Å²) in [6.07, 6.45) is 3.64. The monoisotopic (exact) mass is 482 g/mol. The van der Waals surface area contributed by atoms with E-state index >= 15 is 0 Å². The Balaban J connectivity index is 0.00000261. The van der Waals surface area contributed by atoms with Gasteiger partial charge in [-0.05, 0) is 30.5 Å². The number of aliphatic imine (C=N–C) groups is 1. The van der Waals surface area contributed by atoms with E-state index in [2.05, 4.69) is 39.5 Å². The first-order valence-electron chi connectivity index (χ1n) is 9.10. The van der Waals surface area contributed by atoms with E-state index in [-0.39, 0.29) is 29.9 Å². The Kier molecular flexibility index (Phi) is 8.63. The van der Waals surface area contributed by atoms with Gasteiger partial charge >= 0.3 is 0 Å². The molecule has 1 aliphatic rings. The van der Waals surface area contributed by atoms with E-state index in [9.17, 15) is 4.79 Å². The Hall–Kier alpha value is -2.03. The topological polar surface area (TPSA) is 61.1 Å². The zero-order valence-electron chi connectivity index (χ0n) is 15.6. The van der Waals surface area contributed by atoms with E-state index in [0.29, 0.717) is 18.8 Å². The van der Waals surface area contributed by atoms with E-state index in [0.717, 1.165) is 38.4 Å². The van der Waals surface area contributed by atoms with Gasteiger partial charge in [0.05, 0.1) is 6.26 Å². The standard InChI is InChI=1S/C20H26N4O2.HI/c1-21-20(22-11-5-9-17-7-3-2-4-8-17)24-14-12-23(13-15-24)19(25)18-10-6-16-26-18;/h2-4,6-8,10,16H,5,9,11-15H2,1H3,(H,21,22);1H. The van der Waals surface area contributed by atoms with Crippen LogP contribution in [-0.2, 0) is 6.42 Å². The average Bonchev–Trinajstić information content (AvgIpc) is 3.23. The third-order valence-electron chi connectivity index (χ3n) is 4.58. The van der Waals surface area contributed by atoms with Crippen molar-refractivity contribution in [3.8, 4) is 0 Å². The molecule has 0 unspecified atom stereocenters. The number of halogens is 1. The van der Waals surface area contributed by atoms with Gasteiger partial charge in [-0.15, -0.1) is 24.0 Å². The Labute approximate surface area is 177 Å². The summed E-state index contributed by atoms with van der Waals surface area (Å²) in [5.41, 5.74) is 1.36. The van der Waals surface area contributed by atoms with Crippen LogP contribution in [0.1, 0.15) is 22.5 Å². The van der Waals surface area contributed by atoms with Gasteiger partial charge in [-0.2, -0.15) is 0 Å². The Morgan fingerprint density at radius 2 is 1.78 bits per heavy atom. The lowest BCUT2D eigenvalue weighted by Gasteiger charge is -2.36. The molecule has 0 radical (unpaired) electrons. The molecule has 1 aromatic carbocycles. The fourth-order valence-corrected chi connectivity index (χ4v) is 3.15. The van der Waals surface area contributed by atoms with Crippen LogP contribution in [0.25, 0.3) is 0 Å². The minimum atomic E-state index is -0.0412. The summed E-state index contributed by atoms with van der Waals surface area (Å²) in [5, 5.41) is 3.43. The van der Waals surface area contributed by atoms with Gasteiger partial charge in [0.2, 0.25) is 0 Å². The van der Waals surface area contributed by atoms with E-state index < -0.39 is 0 Å². The average molecular weight is 482 g/mol. The number of nitrogens with zero attached hydrogens (tertiary/aromatic N) is 3. The molecule has 0 aliphatic carbocycles. The molecule has 2 aromatic rings. The third-order valence-corrected chi connectivity index (χ3v) is 4.58. The summed E-state index contributed by atoms with van der Waals surface area (Å²) in [4.78, 5) is 20.7. The number of hydrogen-bond donors (Lipinski definition) is 1. The van der Waals surface area contributed by atoms with Gasteiger partial charge in [0, 0.05) is 39.8 Å². The normalized spacial score (nSPS) is 14.6. The third kappa shape index (κ3) is 5.98. The number of guanidine groups is 1. The quantitative estimate of drug-likeness (QED) is 0.308. The number of carbonyl (C=O) groups is 1. The van der Waals surface area contributed by atoms with E-state index in [1.54, 1.807) is 19.2 Å². The lowest BCUT2D eigenvalue weighted by atomic mass is 10.1. The summed E-state index contributed by atoms with van der Waals surface area (Å²) in [6.45, 7) is 3.76. The number of amides is 1. The van der Waals surface area contributed by atoms with E-state index in [1.807, 2.05) is 11.0 Å². The maximum absolute atomic E-state index is 12.3. The SMILES string of the molecule is CN=C(NCCCc1ccccc1)N1CCN(C(=O)c2ccco2)CC1.I. The number of piperazine rings is 1. The molecule has 27 heavy (non-hydrogen) atoms. The van der Waals surface area contributed by atoms with Crippen LogP contribution in [0.4, 0.5) is 0 Å². The van der Waals surface area contributed by atoms with E-state index in [4.69, 9.17) is 4.42 Å². The fraction of sp³-hybridized carbons (Fsp3) is 0.400. The van der Waals surface area contributed by atoms with E-state index in [1.165, 1.54) is 11.8 Å². The summed E-state index contributed by atoms with van der Waals surface area (Å²) in [6, 6.07) is 14.0. The Morgan fingerprint density at radius 3 is 2.41 bits per heavy atom. The first kappa shape index (κ1) is 21.3. The van der Waals surface area contributed by atoms with Crippen molar-refractivity contribution in [2.24, 2.45) is 4.99 Å². The molecular formula is C20H27IN4O2. The summed E-state index contributed by atoms with van der Waals surface area (Å²) < 4.78 is 5.21. The molecule has 0 bridgehead atoms. The second-order valence-electron chi connectivity index (χ2n) is 6.32. The minimum Gasteiger partial charge on any atom is -0.459 e. The smallest absolute Gasteiger partial charge is 0.289 e. The van der Waals surface area contributed by atoms with Crippen LogP contribution < -0.4 is 5.32 Å². The highest BCUT2D eigenvalue weighted by atomic mass is 127. The summed E-state index contributed by atoms with van der Waals surface area (Å²) >= 11 is 0. The van der Waals surface area contributed by atoms with Gasteiger partial charge in [0.15, 0.2) is 11.7 Å². The number of furan rings is 1. The molecule has 6 nitrogen and oxygen atoms in total. The molecular weight excluding hydrogens is 455 g/mol. The second-order valence-corrected chi connectivity index (χ2v) is 6.32. The fourth-order valence-electron chi connectivity index (χ4n) is 3.15. The molecule has 1 fully saturated rings. The van der Waals surface area contributed by atoms with Crippen molar-refractivity contribution in [2.45, 2.75) is 12.8 Å². The second kappa shape index (κ2) is 11.0. The van der Waals surface area contributed by atoms with Crippen LogP contribution in [0.3, 0.4) is 0 Å². The van der Waals surface area contributed by atoms with Gasteiger partial charge in [-0.3, -0.25) is 9.79 Å². The van der Waals surface area contributed by atoms with Crippen LogP contribution in [-0.4, -0.2) is 61.4 Å². The molecule has 146 valence electrons. The maximum atomic E-state index is 12.3. The molecule has 1 aliphatic heterocycles. The molecule has 1 aromatic heterocycles. The van der Waals surface area contributed by atoms with Crippen molar-refractivity contribution in [3.05, 3.63) is 60.1 Å². The number of carbonyl (C=O) groups excluding carboxylic acids is 1. The zero-order valence-corrected chi connectivity index (χ0v) is 18.0. The van der Waals surface area contributed by atoms with Gasteiger partial charge < -0.3 is 19.5 Å². The van der Waals surface area contributed by atoms with Crippen LogP contribution in [0.2, 0.25) is 0 Å². The number of rotatable bonds is 5. The number of aryl methyl sites for hydroxylation is 1. The van der Waals surface area contributed by atoms with Crippen molar-refractivity contribution in [1.82, 2.24) is 15.1 Å². The molecule has 7 heteroatoms. The maximum Gasteiger partial charge on any atom is 0.289 e. The van der Waals surface area contributed by atoms with Crippen molar-refractivity contribution in [3.63, 3.8) is 0 Å². The lowest BCUT2D eigenvalue weighted by molar-refractivity contribution is 0.0658. The van der Waals surface area contributed by atoms with Gasteiger partial charge in [-0.1, -0.05) is 30.3 Å². The largest absolute Gasteiger partial charge is 0.459 e. The van der Waals surface area contributed by atoms with Crippen LogP contribution in [0, 0.1) is 0 Å². The lowest BCUT2D eigenvalue weighted by Crippen LogP contribution is -2.53. The molecule has 1 N–H and O–H groups in total. The Bertz CT molecular complexity index is 711. The molecule has 2 heterocycles. The van der Waals surface area contributed by atoms with Gasteiger partial charge in [-0.25, -0.2) is 0 Å². The summed E-state index contributed by atoms with van der Waals surface area (Å²) in [5.74, 6) is 1.27. The number of benzene rings is 1. The van der Waals surface area contributed by atoms with Crippen molar-refractivity contribution in [2.75, 3.05) is 39.8 Å². The van der Waals surface area contributed by atoms with Gasteiger partial charge in [0.25, 0.3) is 5.91 Å². The van der Waals surface area contributed by atoms with Crippen LogP contribution in [0.15, 0.2) is 58.1 Å². The minimum absolute atomic E-state index is 0. The number of nitrogens with one attached hydrogen (secondary N) is 1.